The van der Waals surface area contributed by atoms with Gasteiger partial charge in [-0.15, -0.1) is 0 Å². The van der Waals surface area contributed by atoms with Crippen molar-refractivity contribution in [3.05, 3.63) is 106 Å². The summed E-state index contributed by atoms with van der Waals surface area (Å²) < 4.78 is 41.8. The number of hydrogen-bond donors (Lipinski definition) is 1. The zero-order chi connectivity index (χ0) is 25.6. The summed E-state index contributed by atoms with van der Waals surface area (Å²) >= 11 is 6.47. The monoisotopic (exact) mass is 510 g/mol. The van der Waals surface area contributed by atoms with Gasteiger partial charge >= 0.3 is 12.1 Å². The molecule has 2 atom stereocenters. The van der Waals surface area contributed by atoms with Crippen LogP contribution in [0, 0.1) is 6.92 Å². The molecule has 0 spiro atoms. The molecule has 5 rings (SSSR count). The summed E-state index contributed by atoms with van der Waals surface area (Å²) in [6, 6.07) is 19.2. The highest BCUT2D eigenvalue weighted by atomic mass is 35.5. The molecule has 0 radical (unpaired) electrons. The van der Waals surface area contributed by atoms with Crippen molar-refractivity contribution in [1.29, 1.82) is 0 Å². The summed E-state index contributed by atoms with van der Waals surface area (Å²) in [7, 11) is 0. The molecule has 0 aromatic heterocycles. The molecule has 4 nitrogen and oxygen atoms in total. The number of nitrogens with zero attached hydrogens (tertiary/aromatic N) is 1. The van der Waals surface area contributed by atoms with Crippen LogP contribution in [0.4, 0.5) is 24.5 Å². The highest BCUT2D eigenvalue weighted by Crippen LogP contribution is 2.49. The number of benzene rings is 3. The number of aryl methyl sites for hydroxylation is 1. The van der Waals surface area contributed by atoms with Crippen molar-refractivity contribution in [3.8, 4) is 0 Å². The molecule has 1 aliphatic heterocycles. The van der Waals surface area contributed by atoms with E-state index >= 15 is 0 Å². The fourth-order valence-electron chi connectivity index (χ4n) is 5.02. The van der Waals surface area contributed by atoms with Gasteiger partial charge in [0, 0.05) is 22.7 Å². The van der Waals surface area contributed by atoms with E-state index in [-0.39, 0.29) is 40.0 Å². The SMILES string of the molecule is Cc1ccc([C@@H]2CC(=O)C3=C(C2)Nc2ccccc2N(C(=O)C(F)(F)F)[C@H]3c2ccccc2Cl)cc1. The topological polar surface area (TPSA) is 49.4 Å². The quantitative estimate of drug-likeness (QED) is 0.399. The Bertz CT molecular complexity index is 1380. The number of halogens is 4. The maximum atomic E-state index is 13.9. The summed E-state index contributed by atoms with van der Waals surface area (Å²) in [5.41, 5.74) is 3.27. The minimum atomic E-state index is -5.17. The molecule has 184 valence electrons. The normalized spacial score (nSPS) is 19.8. The molecule has 3 aromatic rings. The van der Waals surface area contributed by atoms with E-state index in [2.05, 4.69) is 5.32 Å². The van der Waals surface area contributed by atoms with Crippen LogP contribution in [0.15, 0.2) is 84.1 Å². The van der Waals surface area contributed by atoms with Crippen LogP contribution in [0.25, 0.3) is 0 Å². The number of nitrogens with one attached hydrogen (secondary N) is 1. The summed E-state index contributed by atoms with van der Waals surface area (Å²) in [4.78, 5) is 27.3. The average molecular weight is 511 g/mol. The summed E-state index contributed by atoms with van der Waals surface area (Å²) in [6.07, 6.45) is -4.66. The number of Topliss-reactive ketones (excluding diaryl/α,β-unsaturated/α-hetero) is 1. The number of allylic oxidation sites excluding steroid dienone is 1. The number of rotatable bonds is 2. The number of para-hydroxylation sites is 2. The van der Waals surface area contributed by atoms with Gasteiger partial charge < -0.3 is 5.32 Å². The molecular formula is C28H22ClF3N2O2. The van der Waals surface area contributed by atoms with Crippen molar-refractivity contribution in [3.63, 3.8) is 0 Å². The molecular weight excluding hydrogens is 489 g/mol. The molecule has 36 heavy (non-hydrogen) atoms. The molecule has 8 heteroatoms. The van der Waals surface area contributed by atoms with E-state index in [1.807, 2.05) is 31.2 Å². The Hall–Kier alpha value is -3.58. The zero-order valence-electron chi connectivity index (χ0n) is 19.3. The third-order valence-corrected chi connectivity index (χ3v) is 7.04. The lowest BCUT2D eigenvalue weighted by molar-refractivity contribution is -0.170. The lowest BCUT2D eigenvalue weighted by Gasteiger charge is -2.35. The number of anilines is 2. The van der Waals surface area contributed by atoms with E-state index in [0.717, 1.165) is 11.1 Å². The third kappa shape index (κ3) is 4.28. The molecule has 0 bridgehead atoms. The Morgan fingerprint density at radius 3 is 2.33 bits per heavy atom. The lowest BCUT2D eigenvalue weighted by atomic mass is 9.78. The number of ketones is 1. The Labute approximate surface area is 211 Å². The molecule has 1 heterocycles. The maximum Gasteiger partial charge on any atom is 0.471 e. The highest BCUT2D eigenvalue weighted by Gasteiger charge is 2.50. The van der Waals surface area contributed by atoms with Crippen LogP contribution in [-0.2, 0) is 9.59 Å². The molecule has 0 unspecified atom stereocenters. The van der Waals surface area contributed by atoms with E-state index in [9.17, 15) is 22.8 Å². The van der Waals surface area contributed by atoms with Crippen LogP contribution in [0.1, 0.15) is 41.5 Å². The molecule has 2 aliphatic rings. The van der Waals surface area contributed by atoms with Gasteiger partial charge in [0.05, 0.1) is 17.4 Å². The van der Waals surface area contributed by atoms with Gasteiger partial charge in [0.15, 0.2) is 5.78 Å². The van der Waals surface area contributed by atoms with Gasteiger partial charge in [0.2, 0.25) is 0 Å². The number of amides is 1. The van der Waals surface area contributed by atoms with E-state index in [0.29, 0.717) is 22.7 Å². The van der Waals surface area contributed by atoms with Gasteiger partial charge in [-0.1, -0.05) is 71.8 Å². The lowest BCUT2D eigenvalue weighted by Crippen LogP contribution is -2.45. The number of alkyl halides is 3. The van der Waals surface area contributed by atoms with Gasteiger partial charge in [-0.05, 0) is 48.6 Å². The third-order valence-electron chi connectivity index (χ3n) is 6.70. The van der Waals surface area contributed by atoms with Crippen molar-refractivity contribution in [2.24, 2.45) is 0 Å². The predicted octanol–water partition coefficient (Wildman–Crippen LogP) is 7.11. The van der Waals surface area contributed by atoms with Crippen molar-refractivity contribution in [2.75, 3.05) is 10.2 Å². The second kappa shape index (κ2) is 9.13. The van der Waals surface area contributed by atoms with Crippen LogP contribution in [-0.4, -0.2) is 17.9 Å². The van der Waals surface area contributed by atoms with Crippen molar-refractivity contribution >= 4 is 34.7 Å². The first-order valence-corrected chi connectivity index (χ1v) is 11.9. The fourth-order valence-corrected chi connectivity index (χ4v) is 5.25. The number of carbonyl (C=O) groups excluding carboxylic acids is 2. The van der Waals surface area contributed by atoms with Crippen molar-refractivity contribution in [1.82, 2.24) is 0 Å². The minimum absolute atomic E-state index is 0.0267. The van der Waals surface area contributed by atoms with Crippen LogP contribution >= 0.6 is 11.6 Å². The van der Waals surface area contributed by atoms with Gasteiger partial charge in [0.25, 0.3) is 0 Å². The maximum absolute atomic E-state index is 13.9. The summed E-state index contributed by atoms with van der Waals surface area (Å²) in [5, 5.41) is 3.38. The van der Waals surface area contributed by atoms with E-state index in [4.69, 9.17) is 11.6 Å². The standard InChI is InChI=1S/C28H22ClF3N2O2/c1-16-10-12-17(13-11-16)18-14-22-25(24(35)15-18)26(19-6-2-3-7-20(19)29)34(27(36)28(30,31)32)23-9-5-4-8-21(23)33-22/h2-13,18,26,33H,14-15H2,1H3/t18-,26-/m0/s1. The van der Waals surface area contributed by atoms with E-state index in [1.54, 1.807) is 42.5 Å². The fraction of sp³-hybridized carbons (Fsp3) is 0.214. The summed E-state index contributed by atoms with van der Waals surface area (Å²) in [5.74, 6) is -2.55. The van der Waals surface area contributed by atoms with Crippen LogP contribution in [0.5, 0.6) is 0 Å². The Morgan fingerprint density at radius 1 is 0.972 bits per heavy atom. The molecule has 1 amide bonds. The zero-order valence-corrected chi connectivity index (χ0v) is 20.0. The van der Waals surface area contributed by atoms with E-state index < -0.39 is 18.1 Å². The average Bonchev–Trinajstić information content (AvgIpc) is 2.98. The van der Waals surface area contributed by atoms with E-state index in [1.165, 1.54) is 6.07 Å². The molecule has 0 saturated heterocycles. The van der Waals surface area contributed by atoms with Gasteiger partial charge in [-0.2, -0.15) is 13.2 Å². The molecule has 1 N–H and O–H groups in total. The number of carbonyl (C=O) groups is 2. The Balaban J connectivity index is 1.74. The first-order chi connectivity index (χ1) is 17.1. The van der Waals surface area contributed by atoms with Gasteiger partial charge in [-0.3, -0.25) is 14.5 Å². The minimum Gasteiger partial charge on any atom is -0.357 e. The van der Waals surface area contributed by atoms with Crippen LogP contribution in [0.2, 0.25) is 5.02 Å². The Morgan fingerprint density at radius 2 is 1.64 bits per heavy atom. The van der Waals surface area contributed by atoms with Crippen molar-refractivity contribution in [2.45, 2.75) is 37.9 Å². The second-order valence-electron chi connectivity index (χ2n) is 9.07. The number of hydrogen-bond acceptors (Lipinski definition) is 3. The molecule has 3 aromatic carbocycles. The van der Waals surface area contributed by atoms with Gasteiger partial charge in [-0.25, -0.2) is 0 Å². The smallest absolute Gasteiger partial charge is 0.357 e. The largest absolute Gasteiger partial charge is 0.471 e. The second-order valence-corrected chi connectivity index (χ2v) is 9.48. The first kappa shape index (κ1) is 24.1. The molecule has 1 aliphatic carbocycles. The van der Waals surface area contributed by atoms with Crippen molar-refractivity contribution < 1.29 is 22.8 Å². The first-order valence-electron chi connectivity index (χ1n) is 11.5. The molecule has 0 fully saturated rings. The van der Waals surface area contributed by atoms with Gasteiger partial charge in [0.1, 0.15) is 0 Å². The predicted molar refractivity (Wildman–Crippen MR) is 133 cm³/mol. The number of fused-ring (bicyclic) bond motifs is 1. The van der Waals surface area contributed by atoms with Crippen LogP contribution < -0.4 is 10.2 Å². The summed E-state index contributed by atoms with van der Waals surface area (Å²) in [6.45, 7) is 1.97. The molecule has 0 saturated carbocycles. The highest BCUT2D eigenvalue weighted by molar-refractivity contribution is 6.31. The van der Waals surface area contributed by atoms with Crippen LogP contribution in [0.3, 0.4) is 0 Å². The Kier molecular flexibility index (Phi) is 6.12.